The van der Waals surface area contributed by atoms with Crippen molar-refractivity contribution < 1.29 is 9.84 Å². The van der Waals surface area contributed by atoms with Crippen molar-refractivity contribution in [3.05, 3.63) is 16.1 Å². The molecule has 2 rings (SSSR count). The van der Waals surface area contributed by atoms with Crippen molar-refractivity contribution >= 4 is 11.3 Å². The molecular formula is C15H25NO2S. The average Bonchev–Trinajstić information content (AvgIpc) is 2.61. The van der Waals surface area contributed by atoms with E-state index in [2.05, 4.69) is 31.1 Å². The maximum atomic E-state index is 10.8. The highest BCUT2D eigenvalue weighted by Gasteiger charge is 2.37. The fourth-order valence-electron chi connectivity index (χ4n) is 2.81. The van der Waals surface area contributed by atoms with E-state index in [9.17, 15) is 5.11 Å². The van der Waals surface area contributed by atoms with Crippen LogP contribution in [-0.4, -0.2) is 27.9 Å². The summed E-state index contributed by atoms with van der Waals surface area (Å²) in [6.07, 6.45) is 2.28. The van der Waals surface area contributed by atoms with Crippen LogP contribution in [0, 0.1) is 0 Å². The van der Waals surface area contributed by atoms with Crippen LogP contribution in [0.4, 0.5) is 0 Å². The van der Waals surface area contributed by atoms with Crippen molar-refractivity contribution in [2.75, 3.05) is 0 Å². The molecule has 0 spiro atoms. The van der Waals surface area contributed by atoms with Crippen LogP contribution < -0.4 is 0 Å². The molecule has 2 unspecified atom stereocenters. The van der Waals surface area contributed by atoms with Gasteiger partial charge in [0, 0.05) is 30.1 Å². The van der Waals surface area contributed by atoms with E-state index in [-0.39, 0.29) is 17.6 Å². The molecule has 1 saturated heterocycles. The lowest BCUT2D eigenvalue weighted by atomic mass is 9.85. The maximum absolute atomic E-state index is 10.8. The summed E-state index contributed by atoms with van der Waals surface area (Å²) in [6.45, 7) is 10.6. The third kappa shape index (κ3) is 3.77. The van der Waals surface area contributed by atoms with Gasteiger partial charge >= 0.3 is 0 Å². The number of hydrogen-bond acceptors (Lipinski definition) is 4. The Morgan fingerprint density at radius 1 is 1.37 bits per heavy atom. The van der Waals surface area contributed by atoms with Crippen LogP contribution >= 0.6 is 11.3 Å². The van der Waals surface area contributed by atoms with E-state index in [1.807, 2.05) is 13.8 Å². The zero-order chi connectivity index (χ0) is 14.3. The van der Waals surface area contributed by atoms with E-state index in [1.165, 1.54) is 0 Å². The fourth-order valence-corrected chi connectivity index (χ4v) is 3.97. The summed E-state index contributed by atoms with van der Waals surface area (Å²) in [5, 5.41) is 13.9. The fraction of sp³-hybridized carbons (Fsp3) is 0.800. The number of rotatable bonds is 2. The van der Waals surface area contributed by atoms with E-state index in [4.69, 9.17) is 4.74 Å². The lowest BCUT2D eigenvalue weighted by Crippen LogP contribution is -2.44. The molecule has 3 nitrogen and oxygen atoms in total. The largest absolute Gasteiger partial charge is 0.389 e. The monoisotopic (exact) mass is 283 g/mol. The first-order chi connectivity index (χ1) is 8.68. The second-order valence-electron chi connectivity index (χ2n) is 6.94. The molecule has 2 heterocycles. The molecule has 0 amide bonds. The summed E-state index contributed by atoms with van der Waals surface area (Å²) in [7, 11) is 0. The summed E-state index contributed by atoms with van der Waals surface area (Å²) < 4.78 is 5.70. The van der Waals surface area contributed by atoms with E-state index in [0.29, 0.717) is 19.3 Å². The Morgan fingerprint density at radius 2 is 1.95 bits per heavy atom. The quantitative estimate of drug-likeness (QED) is 0.905. The highest BCUT2D eigenvalue weighted by atomic mass is 32.1. The van der Waals surface area contributed by atoms with Crippen LogP contribution in [0.5, 0.6) is 0 Å². The number of thiazole rings is 1. The molecule has 1 aromatic rings. The second kappa shape index (κ2) is 5.15. The lowest BCUT2D eigenvalue weighted by molar-refractivity contribution is -0.130. The molecule has 1 aliphatic heterocycles. The summed E-state index contributed by atoms with van der Waals surface area (Å²) in [4.78, 5) is 4.69. The van der Waals surface area contributed by atoms with Crippen LogP contribution in [-0.2, 0) is 16.6 Å². The molecule has 1 aromatic heterocycles. The van der Waals surface area contributed by atoms with Gasteiger partial charge in [-0.15, -0.1) is 11.3 Å². The highest BCUT2D eigenvalue weighted by Crippen LogP contribution is 2.33. The van der Waals surface area contributed by atoms with Crippen LogP contribution in [0.2, 0.25) is 0 Å². The molecule has 0 saturated carbocycles. The van der Waals surface area contributed by atoms with Gasteiger partial charge in [-0.3, -0.25) is 0 Å². The van der Waals surface area contributed by atoms with E-state index in [0.717, 1.165) is 10.7 Å². The van der Waals surface area contributed by atoms with Gasteiger partial charge in [-0.25, -0.2) is 4.98 Å². The van der Waals surface area contributed by atoms with Gasteiger partial charge in [0.15, 0.2) is 0 Å². The van der Waals surface area contributed by atoms with Gasteiger partial charge < -0.3 is 9.84 Å². The molecular weight excluding hydrogens is 258 g/mol. The van der Waals surface area contributed by atoms with E-state index >= 15 is 0 Å². The van der Waals surface area contributed by atoms with Crippen molar-refractivity contribution in [1.29, 1.82) is 0 Å². The highest BCUT2D eigenvalue weighted by molar-refractivity contribution is 7.09. The molecule has 1 N–H and O–H groups in total. The third-order valence-electron chi connectivity index (χ3n) is 3.60. The predicted octanol–water partition coefficient (Wildman–Crippen LogP) is 3.30. The van der Waals surface area contributed by atoms with Gasteiger partial charge in [0.25, 0.3) is 0 Å². The average molecular weight is 283 g/mol. The first-order valence-corrected chi connectivity index (χ1v) is 7.89. The minimum atomic E-state index is -0.663. The van der Waals surface area contributed by atoms with Crippen LogP contribution in [0.15, 0.2) is 5.38 Å². The van der Waals surface area contributed by atoms with Crippen molar-refractivity contribution in [2.45, 2.75) is 77.1 Å². The van der Waals surface area contributed by atoms with Crippen molar-refractivity contribution in [2.24, 2.45) is 0 Å². The Morgan fingerprint density at radius 3 is 2.42 bits per heavy atom. The first-order valence-electron chi connectivity index (χ1n) is 7.01. The minimum absolute atomic E-state index is 0.0770. The molecule has 2 atom stereocenters. The number of aromatic nitrogens is 1. The molecule has 0 bridgehead atoms. The first kappa shape index (κ1) is 14.9. The zero-order valence-electron chi connectivity index (χ0n) is 12.6. The number of hydrogen-bond donors (Lipinski definition) is 1. The number of nitrogens with zero attached hydrogens (tertiary/aromatic N) is 1. The summed E-state index contributed by atoms with van der Waals surface area (Å²) in [5.74, 6) is 0. The van der Waals surface area contributed by atoms with E-state index < -0.39 is 5.60 Å². The Balaban J connectivity index is 2.10. The predicted molar refractivity (Wildman–Crippen MR) is 78.7 cm³/mol. The Bertz CT molecular complexity index is 426. The molecule has 108 valence electrons. The van der Waals surface area contributed by atoms with Crippen molar-refractivity contribution in [3.8, 4) is 0 Å². The maximum Gasteiger partial charge on any atom is 0.0957 e. The summed E-state index contributed by atoms with van der Waals surface area (Å²) in [6, 6.07) is 0. The van der Waals surface area contributed by atoms with Crippen LogP contribution in [0.25, 0.3) is 0 Å². The Kier molecular flexibility index (Phi) is 4.05. The van der Waals surface area contributed by atoms with Gasteiger partial charge in [0.1, 0.15) is 0 Å². The van der Waals surface area contributed by atoms with Gasteiger partial charge in [0.2, 0.25) is 0 Å². The van der Waals surface area contributed by atoms with Crippen molar-refractivity contribution in [1.82, 2.24) is 4.98 Å². The third-order valence-corrected chi connectivity index (χ3v) is 4.45. The van der Waals surface area contributed by atoms with Gasteiger partial charge in [-0.1, -0.05) is 20.8 Å². The Hall–Kier alpha value is -0.450. The topological polar surface area (TPSA) is 42.4 Å². The molecule has 1 fully saturated rings. The molecule has 19 heavy (non-hydrogen) atoms. The Labute approximate surface area is 120 Å². The lowest BCUT2D eigenvalue weighted by Gasteiger charge is -2.38. The summed E-state index contributed by atoms with van der Waals surface area (Å²) >= 11 is 1.66. The van der Waals surface area contributed by atoms with Gasteiger partial charge in [-0.05, 0) is 13.8 Å². The number of ether oxygens (including phenoxy) is 1. The van der Waals surface area contributed by atoms with Gasteiger partial charge in [-0.2, -0.15) is 0 Å². The zero-order valence-corrected chi connectivity index (χ0v) is 13.4. The summed E-state index contributed by atoms with van der Waals surface area (Å²) in [5.41, 5.74) is 0.529. The van der Waals surface area contributed by atoms with E-state index in [1.54, 1.807) is 11.3 Å². The SMILES string of the molecule is CC1CC(O)(Cc2nc(C(C)(C)C)cs2)CC(C)O1. The molecule has 0 radical (unpaired) electrons. The minimum Gasteiger partial charge on any atom is -0.389 e. The van der Waals surface area contributed by atoms with Crippen LogP contribution in [0.1, 0.15) is 58.2 Å². The molecule has 0 aliphatic carbocycles. The van der Waals surface area contributed by atoms with Crippen molar-refractivity contribution in [3.63, 3.8) is 0 Å². The normalized spacial score (nSPS) is 32.5. The second-order valence-corrected chi connectivity index (χ2v) is 7.89. The van der Waals surface area contributed by atoms with Crippen LogP contribution in [0.3, 0.4) is 0 Å². The standard InChI is InChI=1S/C15H25NO2S/c1-10-6-15(17,7-11(2)18-10)8-13-16-12(9-19-13)14(3,4)5/h9-11,17H,6-8H2,1-5H3. The smallest absolute Gasteiger partial charge is 0.0957 e. The van der Waals surface area contributed by atoms with Gasteiger partial charge in [0.05, 0.1) is 28.5 Å². The molecule has 4 heteroatoms. The molecule has 1 aliphatic rings. The molecule has 0 aromatic carbocycles. The number of aliphatic hydroxyl groups is 1.